The summed E-state index contributed by atoms with van der Waals surface area (Å²) in [4.78, 5) is 24.8. The average Bonchev–Trinajstić information content (AvgIpc) is 2.47. The Balaban J connectivity index is 2.09. The number of nitrogens with one attached hydrogen (secondary N) is 1. The Morgan fingerprint density at radius 2 is 2.24 bits per heavy atom. The Labute approximate surface area is 127 Å². The van der Waals surface area contributed by atoms with Crippen LogP contribution in [0.1, 0.15) is 5.56 Å². The zero-order valence-corrected chi connectivity index (χ0v) is 12.8. The Kier molecular flexibility index (Phi) is 4.95. The van der Waals surface area contributed by atoms with Gasteiger partial charge in [-0.1, -0.05) is 0 Å². The SMILES string of the molecule is COc1ccc(NC(=O)N2CCSCC2C(=O)O)cc1C. The van der Waals surface area contributed by atoms with Crippen molar-refractivity contribution in [2.45, 2.75) is 13.0 Å². The molecule has 7 heteroatoms. The van der Waals surface area contributed by atoms with E-state index in [1.54, 1.807) is 37.1 Å². The van der Waals surface area contributed by atoms with E-state index in [2.05, 4.69) is 5.32 Å². The van der Waals surface area contributed by atoms with Crippen molar-refractivity contribution in [3.05, 3.63) is 23.8 Å². The number of benzene rings is 1. The molecule has 1 aromatic rings. The molecule has 0 bridgehead atoms. The first-order chi connectivity index (χ1) is 10.0. The first-order valence-corrected chi connectivity index (χ1v) is 7.71. The molecule has 1 atom stereocenters. The van der Waals surface area contributed by atoms with Crippen molar-refractivity contribution in [1.82, 2.24) is 4.90 Å². The standard InChI is InChI=1S/C14H18N2O4S/c1-9-7-10(3-4-12(9)20-2)15-14(19)16-5-6-21-8-11(16)13(17)18/h3-4,7,11H,5-6,8H2,1-2H3,(H,15,19)(H,17,18). The number of carboxylic acid groups (broad SMARTS) is 1. The van der Waals surface area contributed by atoms with Crippen LogP contribution in [0.25, 0.3) is 0 Å². The summed E-state index contributed by atoms with van der Waals surface area (Å²) < 4.78 is 5.17. The van der Waals surface area contributed by atoms with Crippen molar-refractivity contribution in [1.29, 1.82) is 0 Å². The third kappa shape index (κ3) is 3.60. The van der Waals surface area contributed by atoms with Gasteiger partial charge in [-0.05, 0) is 30.7 Å². The van der Waals surface area contributed by atoms with E-state index in [9.17, 15) is 14.7 Å². The number of carbonyl (C=O) groups is 2. The van der Waals surface area contributed by atoms with Crippen LogP contribution in [0.15, 0.2) is 18.2 Å². The fraction of sp³-hybridized carbons (Fsp3) is 0.429. The summed E-state index contributed by atoms with van der Waals surface area (Å²) in [5.74, 6) is 0.942. The van der Waals surface area contributed by atoms with Crippen LogP contribution in [0.3, 0.4) is 0 Å². The molecule has 0 saturated carbocycles. The van der Waals surface area contributed by atoms with E-state index in [0.717, 1.165) is 17.1 Å². The molecule has 2 N–H and O–H groups in total. The molecule has 6 nitrogen and oxygen atoms in total. The number of methoxy groups -OCH3 is 1. The second-order valence-corrected chi connectivity index (χ2v) is 5.89. The minimum absolute atomic E-state index is 0.382. The predicted molar refractivity (Wildman–Crippen MR) is 82.2 cm³/mol. The third-order valence-electron chi connectivity index (χ3n) is 3.32. The maximum Gasteiger partial charge on any atom is 0.327 e. The fourth-order valence-corrected chi connectivity index (χ4v) is 3.24. The van der Waals surface area contributed by atoms with Crippen LogP contribution in [0.4, 0.5) is 10.5 Å². The minimum Gasteiger partial charge on any atom is -0.496 e. The van der Waals surface area contributed by atoms with Gasteiger partial charge in [-0.15, -0.1) is 0 Å². The Morgan fingerprint density at radius 3 is 2.86 bits per heavy atom. The third-order valence-corrected chi connectivity index (χ3v) is 4.34. The number of rotatable bonds is 3. The second-order valence-electron chi connectivity index (χ2n) is 4.74. The van der Waals surface area contributed by atoms with E-state index in [4.69, 9.17) is 4.74 Å². The molecule has 1 aliphatic rings. The van der Waals surface area contributed by atoms with Crippen LogP contribution >= 0.6 is 11.8 Å². The Morgan fingerprint density at radius 1 is 1.48 bits per heavy atom. The molecule has 0 radical (unpaired) electrons. The summed E-state index contributed by atoms with van der Waals surface area (Å²) >= 11 is 1.55. The number of hydrogen-bond acceptors (Lipinski definition) is 4. The lowest BCUT2D eigenvalue weighted by atomic mass is 10.2. The number of urea groups is 1. The first-order valence-electron chi connectivity index (χ1n) is 6.55. The van der Waals surface area contributed by atoms with E-state index >= 15 is 0 Å². The molecule has 1 fully saturated rings. The largest absolute Gasteiger partial charge is 0.496 e. The minimum atomic E-state index is -0.969. The van der Waals surface area contributed by atoms with Gasteiger partial charge in [0.2, 0.25) is 0 Å². The van der Waals surface area contributed by atoms with E-state index in [0.29, 0.717) is 18.0 Å². The molecular weight excluding hydrogens is 292 g/mol. The summed E-state index contributed by atoms with van der Waals surface area (Å²) in [6.45, 7) is 2.31. The molecule has 1 heterocycles. The van der Waals surface area contributed by atoms with Crippen LogP contribution in [0, 0.1) is 6.92 Å². The molecule has 2 amide bonds. The highest BCUT2D eigenvalue weighted by atomic mass is 32.2. The molecule has 21 heavy (non-hydrogen) atoms. The van der Waals surface area contributed by atoms with Crippen LogP contribution < -0.4 is 10.1 Å². The highest BCUT2D eigenvalue weighted by Gasteiger charge is 2.32. The van der Waals surface area contributed by atoms with E-state index in [1.807, 2.05) is 6.92 Å². The van der Waals surface area contributed by atoms with Gasteiger partial charge in [0, 0.05) is 23.7 Å². The second kappa shape index (κ2) is 6.71. The van der Waals surface area contributed by atoms with Crippen molar-refractivity contribution in [2.24, 2.45) is 0 Å². The Bertz CT molecular complexity index is 550. The molecule has 2 rings (SSSR count). The molecule has 0 aromatic heterocycles. The lowest BCUT2D eigenvalue weighted by Gasteiger charge is -2.32. The van der Waals surface area contributed by atoms with Gasteiger partial charge in [-0.2, -0.15) is 11.8 Å². The van der Waals surface area contributed by atoms with Gasteiger partial charge in [0.25, 0.3) is 0 Å². The summed E-state index contributed by atoms with van der Waals surface area (Å²) in [6, 6.07) is 4.14. The fourth-order valence-electron chi connectivity index (χ4n) is 2.20. The molecule has 1 unspecified atom stereocenters. The maximum absolute atomic E-state index is 12.3. The number of carboxylic acids is 1. The van der Waals surface area contributed by atoms with Crippen molar-refractivity contribution in [3.63, 3.8) is 0 Å². The molecule has 1 aromatic carbocycles. The molecule has 114 valence electrons. The van der Waals surface area contributed by atoms with E-state index < -0.39 is 12.0 Å². The van der Waals surface area contributed by atoms with E-state index in [1.165, 1.54) is 4.90 Å². The van der Waals surface area contributed by atoms with Gasteiger partial charge in [-0.3, -0.25) is 0 Å². The lowest BCUT2D eigenvalue weighted by Crippen LogP contribution is -2.51. The lowest BCUT2D eigenvalue weighted by molar-refractivity contribution is -0.141. The number of anilines is 1. The van der Waals surface area contributed by atoms with Crippen LogP contribution in [-0.4, -0.2) is 53.2 Å². The monoisotopic (exact) mass is 310 g/mol. The normalized spacial score (nSPS) is 18.2. The van der Waals surface area contributed by atoms with Gasteiger partial charge < -0.3 is 20.1 Å². The number of amides is 2. The highest BCUT2D eigenvalue weighted by Crippen LogP contribution is 2.23. The Hall–Kier alpha value is -1.89. The van der Waals surface area contributed by atoms with Crippen LogP contribution in [-0.2, 0) is 4.79 Å². The van der Waals surface area contributed by atoms with Crippen molar-refractivity contribution >= 4 is 29.4 Å². The number of aliphatic carboxylic acids is 1. The number of hydrogen-bond donors (Lipinski definition) is 2. The van der Waals surface area contributed by atoms with Gasteiger partial charge in [0.15, 0.2) is 0 Å². The van der Waals surface area contributed by atoms with Crippen molar-refractivity contribution in [3.8, 4) is 5.75 Å². The highest BCUT2D eigenvalue weighted by molar-refractivity contribution is 7.99. The van der Waals surface area contributed by atoms with Gasteiger partial charge in [-0.25, -0.2) is 9.59 Å². The van der Waals surface area contributed by atoms with Gasteiger partial charge >= 0.3 is 12.0 Å². The van der Waals surface area contributed by atoms with Crippen molar-refractivity contribution in [2.75, 3.05) is 30.5 Å². The number of aryl methyl sites for hydroxylation is 1. The number of carbonyl (C=O) groups excluding carboxylic acids is 1. The topological polar surface area (TPSA) is 78.9 Å². The number of nitrogens with zero attached hydrogens (tertiary/aromatic N) is 1. The van der Waals surface area contributed by atoms with Crippen molar-refractivity contribution < 1.29 is 19.4 Å². The maximum atomic E-state index is 12.3. The quantitative estimate of drug-likeness (QED) is 0.893. The first kappa shape index (κ1) is 15.5. The zero-order chi connectivity index (χ0) is 15.4. The summed E-state index contributed by atoms with van der Waals surface area (Å²) in [5, 5.41) is 11.9. The molecule has 1 saturated heterocycles. The average molecular weight is 310 g/mol. The van der Waals surface area contributed by atoms with E-state index in [-0.39, 0.29) is 6.03 Å². The summed E-state index contributed by atoms with van der Waals surface area (Å²) in [6.07, 6.45) is 0. The van der Waals surface area contributed by atoms with Crippen LogP contribution in [0.2, 0.25) is 0 Å². The summed E-state index contributed by atoms with van der Waals surface area (Å²) in [7, 11) is 1.59. The summed E-state index contributed by atoms with van der Waals surface area (Å²) in [5.41, 5.74) is 1.53. The predicted octanol–water partition coefficient (Wildman–Crippen LogP) is 2.04. The van der Waals surface area contributed by atoms with Gasteiger partial charge in [0.05, 0.1) is 7.11 Å². The molecule has 0 spiro atoms. The zero-order valence-electron chi connectivity index (χ0n) is 12.0. The number of ether oxygens (including phenoxy) is 1. The molecule has 0 aliphatic carbocycles. The molecular formula is C14H18N2O4S. The number of thioether (sulfide) groups is 1. The smallest absolute Gasteiger partial charge is 0.327 e. The van der Waals surface area contributed by atoms with Gasteiger partial charge in [0.1, 0.15) is 11.8 Å². The van der Waals surface area contributed by atoms with Crippen LogP contribution in [0.5, 0.6) is 5.75 Å². The molecule has 1 aliphatic heterocycles.